The fourth-order valence-corrected chi connectivity index (χ4v) is 3.30. The Labute approximate surface area is 163 Å². The van der Waals surface area contributed by atoms with Gasteiger partial charge in [-0.2, -0.15) is 0 Å². The van der Waals surface area contributed by atoms with E-state index in [0.717, 1.165) is 21.2 Å². The SMILES string of the molecule is O=C1Nc2ccc(Br)cc2C(c2ccccc2Cl)=NC1=Cc1ccoc1. The lowest BCUT2D eigenvalue weighted by Gasteiger charge is -2.11. The summed E-state index contributed by atoms with van der Waals surface area (Å²) in [4.78, 5) is 17.4. The molecule has 0 unspecified atom stereocenters. The molecule has 0 bridgehead atoms. The molecule has 2 heterocycles. The van der Waals surface area contributed by atoms with Crippen LogP contribution >= 0.6 is 27.5 Å². The van der Waals surface area contributed by atoms with Crippen molar-refractivity contribution in [2.45, 2.75) is 0 Å². The summed E-state index contributed by atoms with van der Waals surface area (Å²) in [5.41, 5.74) is 3.87. The zero-order valence-corrected chi connectivity index (χ0v) is 15.7. The number of furan rings is 1. The first-order valence-electron chi connectivity index (χ1n) is 7.80. The number of amides is 1. The molecule has 128 valence electrons. The molecule has 1 aromatic heterocycles. The lowest BCUT2D eigenvalue weighted by atomic mass is 10.0. The van der Waals surface area contributed by atoms with Gasteiger partial charge in [0.2, 0.25) is 0 Å². The van der Waals surface area contributed by atoms with Crippen molar-refractivity contribution in [1.29, 1.82) is 0 Å². The predicted molar refractivity (Wildman–Crippen MR) is 107 cm³/mol. The van der Waals surface area contributed by atoms with Gasteiger partial charge in [-0.3, -0.25) is 4.79 Å². The first kappa shape index (κ1) is 16.8. The maximum Gasteiger partial charge on any atom is 0.274 e. The van der Waals surface area contributed by atoms with Gasteiger partial charge in [0.25, 0.3) is 5.91 Å². The van der Waals surface area contributed by atoms with Crippen molar-refractivity contribution < 1.29 is 9.21 Å². The molecule has 0 saturated heterocycles. The van der Waals surface area contributed by atoms with Gasteiger partial charge in [-0.1, -0.05) is 45.7 Å². The van der Waals surface area contributed by atoms with E-state index in [1.807, 2.05) is 36.4 Å². The fraction of sp³-hybridized carbons (Fsp3) is 0. The number of hydrogen-bond donors (Lipinski definition) is 1. The van der Waals surface area contributed by atoms with E-state index in [4.69, 9.17) is 16.0 Å². The number of benzene rings is 2. The summed E-state index contributed by atoms with van der Waals surface area (Å²) in [5, 5.41) is 3.48. The van der Waals surface area contributed by atoms with Crippen LogP contribution in [0.3, 0.4) is 0 Å². The van der Waals surface area contributed by atoms with Gasteiger partial charge in [0.05, 0.1) is 23.9 Å². The van der Waals surface area contributed by atoms with Crippen molar-refractivity contribution in [3.63, 3.8) is 0 Å². The van der Waals surface area contributed by atoms with Crippen molar-refractivity contribution in [1.82, 2.24) is 0 Å². The number of carbonyl (C=O) groups excluding carboxylic acids is 1. The second-order valence-electron chi connectivity index (χ2n) is 5.67. The molecule has 4 rings (SSSR count). The highest BCUT2D eigenvalue weighted by Crippen LogP contribution is 2.31. The second-order valence-corrected chi connectivity index (χ2v) is 6.99. The van der Waals surface area contributed by atoms with E-state index < -0.39 is 0 Å². The summed E-state index contributed by atoms with van der Waals surface area (Å²) in [6, 6.07) is 14.8. The van der Waals surface area contributed by atoms with Gasteiger partial charge in [-0.15, -0.1) is 0 Å². The monoisotopic (exact) mass is 426 g/mol. The molecule has 1 N–H and O–H groups in total. The highest BCUT2D eigenvalue weighted by molar-refractivity contribution is 9.10. The zero-order chi connectivity index (χ0) is 18.1. The number of halogens is 2. The lowest BCUT2D eigenvalue weighted by molar-refractivity contribution is -0.112. The predicted octanol–water partition coefficient (Wildman–Crippen LogP) is 5.53. The maximum absolute atomic E-state index is 12.7. The zero-order valence-electron chi connectivity index (χ0n) is 13.4. The molecule has 0 fully saturated rings. The molecule has 1 amide bonds. The summed E-state index contributed by atoms with van der Waals surface area (Å²) in [6.45, 7) is 0. The molecule has 0 saturated carbocycles. The number of nitrogens with one attached hydrogen (secondary N) is 1. The second kappa shape index (κ2) is 6.94. The molecule has 1 aliphatic heterocycles. The van der Waals surface area contributed by atoms with Crippen molar-refractivity contribution in [2.75, 3.05) is 5.32 Å². The van der Waals surface area contributed by atoms with Crippen molar-refractivity contribution >= 4 is 50.9 Å². The average Bonchev–Trinajstić information content (AvgIpc) is 3.09. The van der Waals surface area contributed by atoms with Gasteiger partial charge in [0.1, 0.15) is 5.70 Å². The van der Waals surface area contributed by atoms with Crippen LogP contribution in [0.4, 0.5) is 5.69 Å². The Hall–Kier alpha value is -2.63. The van der Waals surface area contributed by atoms with Crippen LogP contribution in [0.5, 0.6) is 0 Å². The fourth-order valence-electron chi connectivity index (χ4n) is 2.71. The minimum absolute atomic E-state index is 0.272. The van der Waals surface area contributed by atoms with Gasteiger partial charge in [0.15, 0.2) is 0 Å². The van der Waals surface area contributed by atoms with Crippen molar-refractivity contribution in [3.8, 4) is 0 Å². The van der Waals surface area contributed by atoms with Gasteiger partial charge in [-0.05, 0) is 36.4 Å². The van der Waals surface area contributed by atoms with E-state index >= 15 is 0 Å². The number of benzodiazepines with no additional fused rings is 1. The Kier molecular flexibility index (Phi) is 4.49. The summed E-state index contributed by atoms with van der Waals surface area (Å²) in [7, 11) is 0. The molecule has 0 spiro atoms. The van der Waals surface area contributed by atoms with E-state index in [0.29, 0.717) is 16.4 Å². The van der Waals surface area contributed by atoms with Gasteiger partial charge >= 0.3 is 0 Å². The molecular formula is C20H12BrClN2O2. The number of carbonyl (C=O) groups is 1. The van der Waals surface area contributed by atoms with Gasteiger partial charge < -0.3 is 9.73 Å². The van der Waals surface area contributed by atoms with Gasteiger partial charge in [0, 0.05) is 26.2 Å². The number of hydrogen-bond acceptors (Lipinski definition) is 3. The Morgan fingerprint density at radius 3 is 2.73 bits per heavy atom. The van der Waals surface area contributed by atoms with Crippen LogP contribution in [-0.2, 0) is 4.79 Å². The smallest absolute Gasteiger partial charge is 0.274 e. The Morgan fingerprint density at radius 2 is 1.96 bits per heavy atom. The Morgan fingerprint density at radius 1 is 1.12 bits per heavy atom. The number of rotatable bonds is 2. The quantitative estimate of drug-likeness (QED) is 0.547. The Bertz CT molecular complexity index is 1060. The molecular weight excluding hydrogens is 416 g/mol. The third kappa shape index (κ3) is 3.23. The van der Waals surface area contributed by atoms with Crippen molar-refractivity contribution in [2.24, 2.45) is 4.99 Å². The first-order chi connectivity index (χ1) is 12.6. The summed E-state index contributed by atoms with van der Waals surface area (Å²) < 4.78 is 5.96. The number of fused-ring (bicyclic) bond motifs is 1. The van der Waals surface area contributed by atoms with E-state index in [-0.39, 0.29) is 11.6 Å². The molecule has 6 heteroatoms. The highest BCUT2D eigenvalue weighted by atomic mass is 79.9. The topological polar surface area (TPSA) is 54.6 Å². The third-order valence-corrected chi connectivity index (χ3v) is 4.75. The van der Waals surface area contributed by atoms with Gasteiger partial charge in [-0.25, -0.2) is 4.99 Å². The van der Waals surface area contributed by atoms with Crippen LogP contribution < -0.4 is 5.32 Å². The number of nitrogens with zero attached hydrogens (tertiary/aromatic N) is 1. The van der Waals surface area contributed by atoms with Crippen LogP contribution in [0.2, 0.25) is 5.02 Å². The van der Waals surface area contributed by atoms with E-state index in [1.165, 1.54) is 0 Å². The normalized spacial score (nSPS) is 15.2. The Balaban J connectivity index is 1.97. The molecule has 0 atom stereocenters. The molecule has 1 aliphatic rings. The minimum atomic E-state index is -0.295. The van der Waals surface area contributed by atoms with Crippen LogP contribution in [0, 0.1) is 0 Å². The van der Waals surface area contributed by atoms with Crippen molar-refractivity contribution in [3.05, 3.63) is 92.9 Å². The van der Waals surface area contributed by atoms with E-state index in [9.17, 15) is 4.79 Å². The number of anilines is 1. The van der Waals surface area contributed by atoms with E-state index in [1.54, 1.807) is 30.7 Å². The standard InChI is InChI=1S/C20H12BrClN2O2/c21-13-5-6-17-15(10-13)19(14-3-1-2-4-16(14)22)23-18(20(25)24-17)9-12-7-8-26-11-12/h1-11H,(H,24,25). The summed E-state index contributed by atoms with van der Waals surface area (Å²) in [6.07, 6.45) is 4.78. The summed E-state index contributed by atoms with van der Waals surface area (Å²) in [5.74, 6) is -0.295. The summed E-state index contributed by atoms with van der Waals surface area (Å²) >= 11 is 9.90. The van der Waals surface area contributed by atoms with Crippen LogP contribution in [0.1, 0.15) is 16.7 Å². The molecule has 0 aliphatic carbocycles. The number of aliphatic imine (C=N–C) groups is 1. The molecule has 0 radical (unpaired) electrons. The largest absolute Gasteiger partial charge is 0.472 e. The molecule has 4 nitrogen and oxygen atoms in total. The van der Waals surface area contributed by atoms with E-state index in [2.05, 4.69) is 26.2 Å². The maximum atomic E-state index is 12.7. The lowest BCUT2D eigenvalue weighted by Crippen LogP contribution is -2.12. The molecule has 2 aromatic carbocycles. The highest BCUT2D eigenvalue weighted by Gasteiger charge is 2.23. The average molecular weight is 428 g/mol. The molecule has 3 aromatic rings. The first-order valence-corrected chi connectivity index (χ1v) is 8.98. The van der Waals surface area contributed by atoms with Crippen LogP contribution in [-0.4, -0.2) is 11.6 Å². The molecule has 26 heavy (non-hydrogen) atoms. The van der Waals surface area contributed by atoms with Crippen LogP contribution in [0.25, 0.3) is 6.08 Å². The third-order valence-electron chi connectivity index (χ3n) is 3.93. The minimum Gasteiger partial charge on any atom is -0.472 e. The van der Waals surface area contributed by atoms with Crippen LogP contribution in [0.15, 0.2) is 80.6 Å².